The summed E-state index contributed by atoms with van der Waals surface area (Å²) in [6, 6.07) is 16.3. The maximum atomic E-state index is 6.41. The number of benzene rings is 2. The van der Waals surface area contributed by atoms with E-state index in [0.29, 0.717) is 26.4 Å². The zero-order valence-corrected chi connectivity index (χ0v) is 17.9. The molecule has 2 atom stereocenters. The number of hydrogen-bond acceptors (Lipinski definition) is 4. The number of nitrogens with zero attached hydrogens (tertiary/aromatic N) is 2. The third-order valence-electron chi connectivity index (χ3n) is 5.26. The molecular formula is C24H27ClN2O3. The van der Waals surface area contributed by atoms with E-state index in [9.17, 15) is 0 Å². The van der Waals surface area contributed by atoms with Gasteiger partial charge in [-0.15, -0.1) is 0 Å². The molecule has 2 unspecified atom stereocenters. The summed E-state index contributed by atoms with van der Waals surface area (Å²) in [6.07, 6.45) is 6.97. The average molecular weight is 427 g/mol. The molecule has 0 spiro atoms. The van der Waals surface area contributed by atoms with Crippen molar-refractivity contribution in [2.24, 2.45) is 0 Å². The van der Waals surface area contributed by atoms with Gasteiger partial charge in [-0.2, -0.15) is 0 Å². The number of aryl methyl sites for hydroxylation is 2. The van der Waals surface area contributed by atoms with Gasteiger partial charge in [-0.05, 0) is 36.6 Å². The lowest BCUT2D eigenvalue weighted by Gasteiger charge is -2.28. The average Bonchev–Trinajstić information content (AvgIpc) is 3.39. The maximum absolute atomic E-state index is 6.41. The van der Waals surface area contributed by atoms with Gasteiger partial charge in [0.05, 0.1) is 32.7 Å². The number of halogens is 1. The molecule has 4 rings (SSSR count). The van der Waals surface area contributed by atoms with Gasteiger partial charge in [-0.1, -0.05) is 53.6 Å². The van der Waals surface area contributed by atoms with Gasteiger partial charge in [-0.3, -0.25) is 0 Å². The fraction of sp³-hybridized carbons (Fsp3) is 0.375. The van der Waals surface area contributed by atoms with Crippen LogP contribution in [0.2, 0.25) is 5.02 Å². The van der Waals surface area contributed by atoms with E-state index in [4.69, 9.17) is 25.8 Å². The van der Waals surface area contributed by atoms with Gasteiger partial charge in [0.1, 0.15) is 6.10 Å². The van der Waals surface area contributed by atoms with Crippen molar-refractivity contribution in [3.63, 3.8) is 0 Å². The summed E-state index contributed by atoms with van der Waals surface area (Å²) in [6.45, 7) is 4.27. The molecule has 1 saturated heterocycles. The normalized spacial score (nSPS) is 21.2. The van der Waals surface area contributed by atoms with E-state index in [1.165, 1.54) is 16.7 Å². The van der Waals surface area contributed by atoms with Crippen molar-refractivity contribution in [3.8, 4) is 0 Å². The van der Waals surface area contributed by atoms with Gasteiger partial charge >= 0.3 is 0 Å². The van der Waals surface area contributed by atoms with E-state index in [-0.39, 0.29) is 6.10 Å². The SMILES string of the molecule is Cc1cccc(COCC2COC(CCc3ccc(Cl)cc3)(Cn3ccnc3)O2)c1. The van der Waals surface area contributed by atoms with Crippen LogP contribution in [-0.2, 0) is 33.8 Å². The first-order valence-corrected chi connectivity index (χ1v) is 10.6. The van der Waals surface area contributed by atoms with E-state index in [0.717, 1.165) is 17.9 Å². The minimum Gasteiger partial charge on any atom is -0.374 e. The molecule has 1 aliphatic rings. The lowest BCUT2D eigenvalue weighted by Crippen LogP contribution is -2.37. The van der Waals surface area contributed by atoms with Crippen molar-refractivity contribution in [1.29, 1.82) is 0 Å². The molecular weight excluding hydrogens is 400 g/mol. The van der Waals surface area contributed by atoms with Crippen LogP contribution in [0.25, 0.3) is 0 Å². The lowest BCUT2D eigenvalue weighted by molar-refractivity contribution is -0.187. The molecule has 6 heteroatoms. The van der Waals surface area contributed by atoms with Gasteiger partial charge in [0.25, 0.3) is 0 Å². The largest absolute Gasteiger partial charge is 0.374 e. The van der Waals surface area contributed by atoms with Gasteiger partial charge in [0, 0.05) is 23.8 Å². The number of ether oxygens (including phenoxy) is 3. The number of rotatable bonds is 9. The highest BCUT2D eigenvalue weighted by molar-refractivity contribution is 6.30. The number of imidazole rings is 1. The molecule has 30 heavy (non-hydrogen) atoms. The van der Waals surface area contributed by atoms with Crippen molar-refractivity contribution in [1.82, 2.24) is 9.55 Å². The molecule has 0 aliphatic carbocycles. The third kappa shape index (κ3) is 5.70. The number of hydrogen-bond donors (Lipinski definition) is 0. The Morgan fingerprint density at radius 2 is 2.07 bits per heavy atom. The molecule has 158 valence electrons. The van der Waals surface area contributed by atoms with E-state index >= 15 is 0 Å². The van der Waals surface area contributed by atoms with E-state index in [1.54, 1.807) is 12.5 Å². The van der Waals surface area contributed by atoms with Crippen LogP contribution in [-0.4, -0.2) is 34.7 Å². The summed E-state index contributed by atoms with van der Waals surface area (Å²) < 4.78 is 20.5. The van der Waals surface area contributed by atoms with Crippen LogP contribution < -0.4 is 0 Å². The molecule has 0 N–H and O–H groups in total. The van der Waals surface area contributed by atoms with Crippen molar-refractivity contribution >= 4 is 11.6 Å². The minimum atomic E-state index is -0.697. The molecule has 2 heterocycles. The Kier molecular flexibility index (Phi) is 6.85. The van der Waals surface area contributed by atoms with Crippen LogP contribution in [0, 0.1) is 6.92 Å². The lowest BCUT2D eigenvalue weighted by atomic mass is 10.0. The van der Waals surface area contributed by atoms with Crippen LogP contribution in [0.15, 0.2) is 67.3 Å². The van der Waals surface area contributed by atoms with Gasteiger partial charge in [-0.25, -0.2) is 4.98 Å². The predicted octanol–water partition coefficient (Wildman–Crippen LogP) is 4.81. The Bertz CT molecular complexity index is 930. The second-order valence-corrected chi connectivity index (χ2v) is 8.26. The van der Waals surface area contributed by atoms with Crippen LogP contribution in [0.4, 0.5) is 0 Å². The second kappa shape index (κ2) is 9.75. The van der Waals surface area contributed by atoms with E-state index in [1.807, 2.05) is 35.0 Å². The fourth-order valence-corrected chi connectivity index (χ4v) is 3.87. The summed E-state index contributed by atoms with van der Waals surface area (Å²) in [5.74, 6) is -0.697. The Balaban J connectivity index is 1.35. The van der Waals surface area contributed by atoms with Crippen molar-refractivity contribution < 1.29 is 14.2 Å². The molecule has 0 bridgehead atoms. The predicted molar refractivity (Wildman–Crippen MR) is 116 cm³/mol. The molecule has 1 fully saturated rings. The highest BCUT2D eigenvalue weighted by Gasteiger charge is 2.41. The van der Waals surface area contributed by atoms with Crippen LogP contribution >= 0.6 is 11.6 Å². The molecule has 0 radical (unpaired) electrons. The molecule has 0 amide bonds. The smallest absolute Gasteiger partial charge is 0.187 e. The first-order valence-electron chi connectivity index (χ1n) is 10.3. The second-order valence-electron chi connectivity index (χ2n) is 7.83. The molecule has 1 aliphatic heterocycles. The summed E-state index contributed by atoms with van der Waals surface area (Å²) >= 11 is 6.01. The monoisotopic (exact) mass is 426 g/mol. The zero-order valence-electron chi connectivity index (χ0n) is 17.2. The minimum absolute atomic E-state index is 0.0939. The standard InChI is InChI=1S/C24H27ClN2O3/c1-19-3-2-4-21(13-19)14-28-15-23-16-29-24(30-23,17-27-12-11-26-18-27)10-9-20-5-7-22(25)8-6-20/h2-8,11-13,18,23H,9-10,14-17H2,1H3. The summed E-state index contributed by atoms with van der Waals surface area (Å²) in [5.41, 5.74) is 3.61. The van der Waals surface area contributed by atoms with Gasteiger partial charge in [0.15, 0.2) is 5.79 Å². The Morgan fingerprint density at radius 1 is 1.20 bits per heavy atom. The Hall–Kier alpha value is -2.18. The highest BCUT2D eigenvalue weighted by Crippen LogP contribution is 2.31. The van der Waals surface area contributed by atoms with Gasteiger partial charge in [0.2, 0.25) is 0 Å². The topological polar surface area (TPSA) is 45.5 Å². The zero-order chi connectivity index (χ0) is 20.8. The summed E-state index contributed by atoms with van der Waals surface area (Å²) in [5, 5.41) is 0.742. The van der Waals surface area contributed by atoms with Crippen molar-refractivity contribution in [3.05, 3.63) is 89.0 Å². The highest BCUT2D eigenvalue weighted by atomic mass is 35.5. The van der Waals surface area contributed by atoms with Crippen molar-refractivity contribution in [2.45, 2.75) is 44.8 Å². The van der Waals surface area contributed by atoms with Crippen LogP contribution in [0.5, 0.6) is 0 Å². The molecule has 5 nitrogen and oxygen atoms in total. The van der Waals surface area contributed by atoms with E-state index < -0.39 is 5.79 Å². The van der Waals surface area contributed by atoms with Gasteiger partial charge < -0.3 is 18.8 Å². The first kappa shape index (κ1) is 21.1. The van der Waals surface area contributed by atoms with Crippen LogP contribution in [0.3, 0.4) is 0 Å². The third-order valence-corrected chi connectivity index (χ3v) is 5.51. The summed E-state index contributed by atoms with van der Waals surface area (Å²) in [4.78, 5) is 4.15. The molecule has 0 saturated carbocycles. The van der Waals surface area contributed by atoms with E-state index in [2.05, 4.69) is 36.2 Å². The summed E-state index contributed by atoms with van der Waals surface area (Å²) in [7, 11) is 0. The Morgan fingerprint density at radius 3 is 2.83 bits per heavy atom. The molecule has 3 aromatic rings. The number of aromatic nitrogens is 2. The fourth-order valence-electron chi connectivity index (χ4n) is 3.75. The van der Waals surface area contributed by atoms with Crippen molar-refractivity contribution in [2.75, 3.05) is 13.2 Å². The quantitative estimate of drug-likeness (QED) is 0.492. The first-order chi connectivity index (χ1) is 14.6. The van der Waals surface area contributed by atoms with Crippen LogP contribution in [0.1, 0.15) is 23.1 Å². The maximum Gasteiger partial charge on any atom is 0.187 e. The Labute approximate surface area is 182 Å². The molecule has 2 aromatic carbocycles. The molecule has 1 aromatic heterocycles.